The monoisotopic (exact) mass is 276 g/mol. The number of piperazine rings is 1. The van der Waals surface area contributed by atoms with Crippen molar-refractivity contribution in [2.24, 2.45) is 0 Å². The Labute approximate surface area is 118 Å². The van der Waals surface area contributed by atoms with Crippen molar-refractivity contribution in [2.45, 2.75) is 25.2 Å². The van der Waals surface area contributed by atoms with Crippen molar-refractivity contribution in [1.29, 1.82) is 0 Å². The van der Waals surface area contributed by atoms with E-state index in [1.807, 2.05) is 30.3 Å². The molecule has 0 radical (unpaired) electrons. The topological polar surface area (TPSA) is 53.0 Å². The molecule has 3 rings (SSSR count). The van der Waals surface area contributed by atoms with Gasteiger partial charge < -0.3 is 14.7 Å². The molecule has 5 nitrogen and oxygen atoms in total. The molecule has 0 aliphatic carbocycles. The minimum absolute atomic E-state index is 0.250. The van der Waals surface area contributed by atoms with Crippen LogP contribution in [-0.2, 0) is 11.3 Å². The van der Waals surface area contributed by atoms with Crippen LogP contribution in [0.5, 0.6) is 0 Å². The lowest BCUT2D eigenvalue weighted by Gasteiger charge is -2.36. The van der Waals surface area contributed by atoms with Gasteiger partial charge in [-0.2, -0.15) is 0 Å². The number of nitrogens with zero attached hydrogens (tertiary/aromatic N) is 2. The van der Waals surface area contributed by atoms with E-state index in [1.54, 1.807) is 4.90 Å². The standard InChI is InChI=1S/C15H20N2O3/c18-14-8-13-9-17(7-6-16(13)10-14)15(19)20-11-12-4-2-1-3-5-12/h1-5,13-14,18H,6-11H2/t13-,14+/m0/s1. The van der Waals surface area contributed by atoms with Crippen molar-refractivity contribution in [2.75, 3.05) is 26.2 Å². The van der Waals surface area contributed by atoms with Gasteiger partial charge in [0.25, 0.3) is 0 Å². The average Bonchev–Trinajstić information content (AvgIpc) is 2.85. The summed E-state index contributed by atoms with van der Waals surface area (Å²) in [5.41, 5.74) is 0.996. The zero-order chi connectivity index (χ0) is 13.9. The van der Waals surface area contributed by atoms with Gasteiger partial charge in [0.15, 0.2) is 0 Å². The van der Waals surface area contributed by atoms with Gasteiger partial charge in [-0.15, -0.1) is 0 Å². The summed E-state index contributed by atoms with van der Waals surface area (Å²) in [6.07, 6.45) is 0.248. The summed E-state index contributed by atoms with van der Waals surface area (Å²) < 4.78 is 5.35. The summed E-state index contributed by atoms with van der Waals surface area (Å²) in [5, 5.41) is 9.66. The van der Waals surface area contributed by atoms with Crippen LogP contribution in [0.25, 0.3) is 0 Å². The molecule has 2 aliphatic heterocycles. The Morgan fingerprint density at radius 1 is 1.25 bits per heavy atom. The predicted molar refractivity (Wildman–Crippen MR) is 74.2 cm³/mol. The maximum atomic E-state index is 12.1. The van der Waals surface area contributed by atoms with Crippen molar-refractivity contribution in [3.05, 3.63) is 35.9 Å². The smallest absolute Gasteiger partial charge is 0.410 e. The number of aliphatic hydroxyl groups is 1. The molecule has 0 saturated carbocycles. The van der Waals surface area contributed by atoms with Crippen LogP contribution in [0, 0.1) is 0 Å². The normalized spacial score (nSPS) is 26.4. The highest BCUT2D eigenvalue weighted by Gasteiger charge is 2.36. The molecule has 1 aromatic carbocycles. The minimum atomic E-state index is -0.255. The average molecular weight is 276 g/mol. The zero-order valence-corrected chi connectivity index (χ0v) is 11.4. The van der Waals surface area contributed by atoms with Crippen molar-refractivity contribution in [1.82, 2.24) is 9.80 Å². The zero-order valence-electron chi connectivity index (χ0n) is 11.4. The maximum absolute atomic E-state index is 12.1. The van der Waals surface area contributed by atoms with Crippen molar-refractivity contribution >= 4 is 6.09 Å². The number of hydrogen-bond acceptors (Lipinski definition) is 4. The van der Waals surface area contributed by atoms with Crippen LogP contribution in [0.3, 0.4) is 0 Å². The highest BCUT2D eigenvalue weighted by Crippen LogP contribution is 2.22. The number of fused-ring (bicyclic) bond motifs is 1. The van der Waals surface area contributed by atoms with Gasteiger partial charge in [-0.05, 0) is 12.0 Å². The lowest BCUT2D eigenvalue weighted by atomic mass is 10.1. The molecular weight excluding hydrogens is 256 g/mol. The SMILES string of the molecule is O=C(OCc1ccccc1)N1CCN2C[C@H](O)C[C@H]2C1. The summed E-state index contributed by atoms with van der Waals surface area (Å²) in [4.78, 5) is 16.1. The van der Waals surface area contributed by atoms with Gasteiger partial charge in [-0.25, -0.2) is 4.79 Å². The van der Waals surface area contributed by atoms with Gasteiger partial charge in [0.05, 0.1) is 6.10 Å². The van der Waals surface area contributed by atoms with Gasteiger partial charge in [-0.3, -0.25) is 4.90 Å². The first-order valence-corrected chi connectivity index (χ1v) is 7.10. The first kappa shape index (κ1) is 13.4. The summed E-state index contributed by atoms with van der Waals surface area (Å²) in [7, 11) is 0. The highest BCUT2D eigenvalue weighted by atomic mass is 16.6. The molecule has 2 aliphatic rings. The lowest BCUT2D eigenvalue weighted by Crippen LogP contribution is -2.52. The molecule has 20 heavy (non-hydrogen) atoms. The Morgan fingerprint density at radius 3 is 2.85 bits per heavy atom. The molecule has 1 amide bonds. The van der Waals surface area contributed by atoms with E-state index in [2.05, 4.69) is 4.90 Å². The highest BCUT2D eigenvalue weighted by molar-refractivity contribution is 5.67. The maximum Gasteiger partial charge on any atom is 0.410 e. The van der Waals surface area contributed by atoms with Crippen LogP contribution in [0.15, 0.2) is 30.3 Å². The van der Waals surface area contributed by atoms with Gasteiger partial charge in [0, 0.05) is 32.2 Å². The van der Waals surface area contributed by atoms with Crippen molar-refractivity contribution in [3.8, 4) is 0 Å². The van der Waals surface area contributed by atoms with Gasteiger partial charge >= 0.3 is 6.09 Å². The van der Waals surface area contributed by atoms with E-state index in [1.165, 1.54) is 0 Å². The van der Waals surface area contributed by atoms with E-state index < -0.39 is 0 Å². The summed E-state index contributed by atoms with van der Waals surface area (Å²) in [6.45, 7) is 3.20. The Hall–Kier alpha value is -1.59. The number of ether oxygens (including phenoxy) is 1. The number of benzene rings is 1. The molecule has 2 fully saturated rings. The molecule has 2 saturated heterocycles. The Bertz CT molecular complexity index is 465. The number of hydrogen-bond donors (Lipinski definition) is 1. The van der Waals surface area contributed by atoms with Crippen LogP contribution in [0.4, 0.5) is 4.79 Å². The Morgan fingerprint density at radius 2 is 2.05 bits per heavy atom. The quantitative estimate of drug-likeness (QED) is 0.878. The van der Waals surface area contributed by atoms with Crippen LogP contribution in [0.1, 0.15) is 12.0 Å². The summed E-state index contributed by atoms with van der Waals surface area (Å²) in [6, 6.07) is 9.97. The molecule has 2 atom stereocenters. The third-order valence-corrected chi connectivity index (χ3v) is 4.06. The number of carbonyl (C=O) groups excluding carboxylic acids is 1. The second-order valence-electron chi connectivity index (χ2n) is 5.52. The van der Waals surface area contributed by atoms with E-state index in [4.69, 9.17) is 4.74 Å². The summed E-state index contributed by atoms with van der Waals surface area (Å²) in [5.74, 6) is 0. The van der Waals surface area contributed by atoms with E-state index >= 15 is 0 Å². The van der Waals surface area contributed by atoms with E-state index in [0.717, 1.165) is 25.1 Å². The largest absolute Gasteiger partial charge is 0.445 e. The van der Waals surface area contributed by atoms with E-state index in [0.29, 0.717) is 19.7 Å². The molecule has 1 aromatic rings. The number of aliphatic hydroxyl groups excluding tert-OH is 1. The molecule has 1 N–H and O–H groups in total. The fraction of sp³-hybridized carbons (Fsp3) is 0.533. The number of amides is 1. The molecular formula is C15H20N2O3. The van der Waals surface area contributed by atoms with Gasteiger partial charge in [-0.1, -0.05) is 30.3 Å². The van der Waals surface area contributed by atoms with E-state index in [-0.39, 0.29) is 18.2 Å². The number of rotatable bonds is 2. The van der Waals surface area contributed by atoms with Gasteiger partial charge in [0.1, 0.15) is 6.61 Å². The fourth-order valence-electron chi connectivity index (χ4n) is 2.99. The third kappa shape index (κ3) is 2.94. The molecule has 108 valence electrons. The van der Waals surface area contributed by atoms with Crippen molar-refractivity contribution in [3.63, 3.8) is 0 Å². The summed E-state index contributed by atoms with van der Waals surface area (Å²) >= 11 is 0. The molecule has 0 bridgehead atoms. The van der Waals surface area contributed by atoms with Crippen molar-refractivity contribution < 1.29 is 14.6 Å². The molecule has 0 aromatic heterocycles. The molecule has 2 heterocycles. The Balaban J connectivity index is 1.51. The number of carbonyl (C=O) groups is 1. The second kappa shape index (κ2) is 5.81. The molecule has 0 unspecified atom stereocenters. The van der Waals surface area contributed by atoms with E-state index in [9.17, 15) is 9.90 Å². The van der Waals surface area contributed by atoms with Crippen LogP contribution >= 0.6 is 0 Å². The minimum Gasteiger partial charge on any atom is -0.445 e. The van der Waals surface area contributed by atoms with Crippen LogP contribution < -0.4 is 0 Å². The molecule has 5 heteroatoms. The second-order valence-corrected chi connectivity index (χ2v) is 5.52. The van der Waals surface area contributed by atoms with Crippen LogP contribution in [0.2, 0.25) is 0 Å². The Kier molecular flexibility index (Phi) is 3.89. The first-order valence-electron chi connectivity index (χ1n) is 7.10. The third-order valence-electron chi connectivity index (χ3n) is 4.06. The molecule has 0 spiro atoms. The first-order chi connectivity index (χ1) is 9.72. The van der Waals surface area contributed by atoms with Gasteiger partial charge in [0.2, 0.25) is 0 Å². The fourth-order valence-corrected chi connectivity index (χ4v) is 2.99. The van der Waals surface area contributed by atoms with Crippen LogP contribution in [-0.4, -0.2) is 59.3 Å². The lowest BCUT2D eigenvalue weighted by molar-refractivity contribution is 0.0600. The predicted octanol–water partition coefficient (Wildman–Crippen LogP) is 1.07.